The van der Waals surface area contributed by atoms with E-state index in [0.717, 1.165) is 27.1 Å². The Morgan fingerprint density at radius 3 is 1.70 bits per heavy atom. The summed E-state index contributed by atoms with van der Waals surface area (Å²) in [5.41, 5.74) is 2.62. The summed E-state index contributed by atoms with van der Waals surface area (Å²) in [6.45, 7) is 4.16. The Morgan fingerprint density at radius 2 is 1.26 bits per heavy atom. The predicted octanol–water partition coefficient (Wildman–Crippen LogP) is 5.43. The van der Waals surface area contributed by atoms with Crippen molar-refractivity contribution < 1.29 is 0 Å². The summed E-state index contributed by atoms with van der Waals surface area (Å²) >= 11 is 0. The Hall–Kier alpha value is -3.94. The van der Waals surface area contributed by atoms with E-state index in [2.05, 4.69) is 37.7 Å². The molecular weight excluding hydrogens is 332 g/mol. The summed E-state index contributed by atoms with van der Waals surface area (Å²) < 4.78 is 0. The molecule has 4 nitrogen and oxygen atoms in total. The first-order chi connectivity index (χ1) is 13.1. The number of nitrogens with one attached hydrogen (secondary N) is 2. The SMILES string of the molecule is CC(C)c1ccc2c(C(=C=N)C#N)c3ccccc3c(C(=C=N)C#N)c2c1. The second-order valence-corrected chi connectivity index (χ2v) is 6.48. The fraction of sp³-hybridized carbons (Fsp3) is 0.130. The molecule has 0 fully saturated rings. The first-order valence-electron chi connectivity index (χ1n) is 8.46. The summed E-state index contributed by atoms with van der Waals surface area (Å²) in [6.07, 6.45) is 0. The molecule has 0 aliphatic heterocycles. The third-order valence-corrected chi connectivity index (χ3v) is 4.69. The van der Waals surface area contributed by atoms with Crippen molar-refractivity contribution in [2.45, 2.75) is 19.8 Å². The first kappa shape index (κ1) is 17.9. The van der Waals surface area contributed by atoms with Gasteiger partial charge in [0.15, 0.2) is 0 Å². The van der Waals surface area contributed by atoms with Crippen LogP contribution >= 0.6 is 0 Å². The monoisotopic (exact) mass is 348 g/mol. The zero-order valence-electron chi connectivity index (χ0n) is 15.0. The van der Waals surface area contributed by atoms with E-state index in [4.69, 9.17) is 10.8 Å². The van der Waals surface area contributed by atoms with Crippen LogP contribution in [-0.4, -0.2) is 11.7 Å². The maximum absolute atomic E-state index is 9.58. The number of allylic oxidation sites excluding steroid dienone is 2. The molecule has 4 heteroatoms. The number of hydrogen-bond donors (Lipinski definition) is 2. The van der Waals surface area contributed by atoms with Crippen molar-refractivity contribution >= 4 is 44.4 Å². The molecule has 2 N–H and O–H groups in total. The van der Waals surface area contributed by atoms with Crippen LogP contribution in [0, 0.1) is 33.5 Å². The third kappa shape index (κ3) is 2.82. The molecule has 0 radical (unpaired) electrons. The Balaban J connectivity index is 2.72. The van der Waals surface area contributed by atoms with Gasteiger partial charge in [-0.3, -0.25) is 10.8 Å². The van der Waals surface area contributed by atoms with E-state index in [0.29, 0.717) is 11.1 Å². The van der Waals surface area contributed by atoms with E-state index in [-0.39, 0.29) is 17.1 Å². The zero-order valence-corrected chi connectivity index (χ0v) is 15.0. The fourth-order valence-electron chi connectivity index (χ4n) is 3.39. The molecule has 3 aromatic carbocycles. The van der Waals surface area contributed by atoms with Crippen molar-refractivity contribution in [3.8, 4) is 12.1 Å². The molecule has 0 bridgehead atoms. The average Bonchev–Trinajstić information content (AvgIpc) is 2.70. The smallest absolute Gasteiger partial charge is 0.121 e. The minimum Gasteiger partial charge on any atom is -0.258 e. The molecule has 3 aromatic rings. The van der Waals surface area contributed by atoms with Crippen molar-refractivity contribution in [2.75, 3.05) is 0 Å². The van der Waals surface area contributed by atoms with Gasteiger partial charge in [-0.1, -0.05) is 56.3 Å². The molecule has 3 rings (SSSR count). The van der Waals surface area contributed by atoms with Gasteiger partial charge in [0.25, 0.3) is 0 Å². The van der Waals surface area contributed by atoms with Crippen LogP contribution in [0.15, 0.2) is 42.5 Å². The summed E-state index contributed by atoms with van der Waals surface area (Å²) in [4.78, 5) is 0. The van der Waals surface area contributed by atoms with Crippen LogP contribution in [0.3, 0.4) is 0 Å². The van der Waals surface area contributed by atoms with Crippen molar-refractivity contribution in [3.63, 3.8) is 0 Å². The Morgan fingerprint density at radius 1 is 0.778 bits per heavy atom. The van der Waals surface area contributed by atoms with Crippen LogP contribution < -0.4 is 0 Å². The van der Waals surface area contributed by atoms with Gasteiger partial charge in [0.2, 0.25) is 0 Å². The second kappa shape index (κ2) is 7.12. The number of rotatable bonds is 3. The van der Waals surface area contributed by atoms with Crippen LogP contribution in [-0.2, 0) is 0 Å². The second-order valence-electron chi connectivity index (χ2n) is 6.48. The normalized spacial score (nSPS) is 10.1. The maximum atomic E-state index is 9.58. The van der Waals surface area contributed by atoms with Gasteiger partial charge < -0.3 is 0 Å². The van der Waals surface area contributed by atoms with Gasteiger partial charge in [-0.25, -0.2) is 0 Å². The number of hydrogen-bond acceptors (Lipinski definition) is 4. The number of nitriles is 2. The lowest BCUT2D eigenvalue weighted by molar-refractivity contribution is 0.869. The molecule has 0 aliphatic carbocycles. The average molecular weight is 348 g/mol. The fourth-order valence-corrected chi connectivity index (χ4v) is 3.39. The third-order valence-electron chi connectivity index (χ3n) is 4.69. The van der Waals surface area contributed by atoms with Gasteiger partial charge in [0.1, 0.15) is 23.3 Å². The summed E-state index contributed by atoms with van der Waals surface area (Å²) in [7, 11) is 0. The predicted molar refractivity (Wildman–Crippen MR) is 109 cm³/mol. The lowest BCUT2D eigenvalue weighted by Gasteiger charge is -2.16. The van der Waals surface area contributed by atoms with Crippen molar-refractivity contribution in [2.24, 2.45) is 0 Å². The van der Waals surface area contributed by atoms with Crippen LogP contribution in [0.1, 0.15) is 36.5 Å². The van der Waals surface area contributed by atoms with Gasteiger partial charge in [0.05, 0.1) is 0 Å². The first-order valence-corrected chi connectivity index (χ1v) is 8.46. The molecule has 0 aromatic heterocycles. The maximum Gasteiger partial charge on any atom is 0.121 e. The van der Waals surface area contributed by atoms with Crippen molar-refractivity contribution in [3.05, 3.63) is 59.2 Å². The molecule has 0 saturated heterocycles. The Kier molecular flexibility index (Phi) is 4.71. The molecule has 0 saturated carbocycles. The lowest BCUT2D eigenvalue weighted by Crippen LogP contribution is -1.97. The van der Waals surface area contributed by atoms with E-state index in [1.54, 1.807) is 0 Å². The van der Waals surface area contributed by atoms with Crippen LogP contribution in [0.2, 0.25) is 0 Å². The molecule has 27 heavy (non-hydrogen) atoms. The van der Waals surface area contributed by atoms with E-state index in [1.165, 1.54) is 0 Å². The highest BCUT2D eigenvalue weighted by molar-refractivity contribution is 6.22. The summed E-state index contributed by atoms with van der Waals surface area (Å²) in [5.74, 6) is 4.78. The van der Waals surface area contributed by atoms with Crippen molar-refractivity contribution in [1.82, 2.24) is 0 Å². The van der Waals surface area contributed by atoms with E-state index in [1.807, 2.05) is 42.5 Å². The molecule has 0 heterocycles. The van der Waals surface area contributed by atoms with Crippen LogP contribution in [0.25, 0.3) is 32.7 Å². The number of benzene rings is 3. The lowest BCUT2D eigenvalue weighted by atomic mass is 9.85. The van der Waals surface area contributed by atoms with Gasteiger partial charge in [0, 0.05) is 11.1 Å². The number of fused-ring (bicyclic) bond motifs is 2. The molecule has 0 unspecified atom stereocenters. The standard InChI is InChI=1S/C23H16N4/c1-14(2)15-7-8-20-21(9-15)23(17(12-26)13-27)19-6-4-3-5-18(19)22(20)16(10-24)11-25/h3-9,14,24,26H,1-2H3. The summed E-state index contributed by atoms with van der Waals surface area (Å²) in [6, 6.07) is 17.5. The Bertz CT molecular complexity index is 1270. The van der Waals surface area contributed by atoms with Gasteiger partial charge in [-0.05, 0) is 44.8 Å². The molecule has 0 spiro atoms. The molecule has 0 aliphatic rings. The van der Waals surface area contributed by atoms with E-state index < -0.39 is 0 Å². The topological polar surface area (TPSA) is 95.3 Å². The van der Waals surface area contributed by atoms with Gasteiger partial charge >= 0.3 is 0 Å². The molecule has 128 valence electrons. The molecule has 0 amide bonds. The minimum absolute atomic E-state index is 0.136. The highest BCUT2D eigenvalue weighted by Gasteiger charge is 2.19. The van der Waals surface area contributed by atoms with E-state index >= 15 is 0 Å². The largest absolute Gasteiger partial charge is 0.258 e. The van der Waals surface area contributed by atoms with Crippen molar-refractivity contribution in [1.29, 1.82) is 21.3 Å². The van der Waals surface area contributed by atoms with Crippen LogP contribution in [0.5, 0.6) is 0 Å². The highest BCUT2D eigenvalue weighted by atomic mass is 14.3. The number of nitrogens with zero attached hydrogens (tertiary/aromatic N) is 2. The Labute approximate surface area is 157 Å². The van der Waals surface area contributed by atoms with E-state index in [9.17, 15) is 10.5 Å². The van der Waals surface area contributed by atoms with Crippen LogP contribution in [0.4, 0.5) is 0 Å². The van der Waals surface area contributed by atoms with Gasteiger partial charge in [-0.15, -0.1) is 0 Å². The van der Waals surface area contributed by atoms with Gasteiger partial charge in [-0.2, -0.15) is 10.5 Å². The molecule has 0 atom stereocenters. The quantitative estimate of drug-likeness (QED) is 0.375. The zero-order chi connectivity index (χ0) is 19.6. The summed E-state index contributed by atoms with van der Waals surface area (Å²) in [5, 5.41) is 37.3. The highest BCUT2D eigenvalue weighted by Crippen LogP contribution is 2.39. The molecular formula is C23H16N4. The minimum atomic E-state index is 0.136.